The summed E-state index contributed by atoms with van der Waals surface area (Å²) in [6, 6.07) is 15.0. The Labute approximate surface area is 173 Å². The highest BCUT2D eigenvalue weighted by molar-refractivity contribution is 6.30. The van der Waals surface area contributed by atoms with Crippen LogP contribution in [0, 0.1) is 0 Å². The average molecular weight is 409 g/mol. The number of aromatic amines is 1. The van der Waals surface area contributed by atoms with Gasteiger partial charge in [0.15, 0.2) is 0 Å². The molecule has 1 aromatic heterocycles. The van der Waals surface area contributed by atoms with E-state index in [1.54, 1.807) is 11.8 Å². The van der Waals surface area contributed by atoms with Crippen molar-refractivity contribution in [1.29, 1.82) is 0 Å². The SMILES string of the molecule is CCOC(=O)[C@@H]1Cc2c([nH]c3ccccc23)[C@]2(c3ccc(Cl)cc3)CCC(=O)N12. The third kappa shape index (κ3) is 2.53. The summed E-state index contributed by atoms with van der Waals surface area (Å²) in [4.78, 5) is 31.3. The monoisotopic (exact) mass is 408 g/mol. The number of para-hydroxylation sites is 1. The zero-order chi connectivity index (χ0) is 20.2. The second-order valence-corrected chi connectivity index (χ2v) is 8.06. The van der Waals surface area contributed by atoms with E-state index in [1.807, 2.05) is 42.5 Å². The van der Waals surface area contributed by atoms with Gasteiger partial charge in [-0.25, -0.2) is 4.79 Å². The summed E-state index contributed by atoms with van der Waals surface area (Å²) in [5.74, 6) is -0.376. The maximum absolute atomic E-state index is 13.1. The number of carbonyl (C=O) groups is 2. The van der Waals surface area contributed by atoms with E-state index >= 15 is 0 Å². The molecule has 5 rings (SSSR count). The summed E-state index contributed by atoms with van der Waals surface area (Å²) in [5.41, 5.74) is 3.31. The number of aromatic nitrogens is 1. The highest BCUT2D eigenvalue weighted by Gasteiger charge is 2.57. The van der Waals surface area contributed by atoms with Crippen molar-refractivity contribution in [3.8, 4) is 0 Å². The third-order valence-corrected chi connectivity index (χ3v) is 6.45. The number of ether oxygens (including phenoxy) is 1. The average Bonchev–Trinajstić information content (AvgIpc) is 3.27. The number of nitrogens with zero attached hydrogens (tertiary/aromatic N) is 1. The molecule has 1 amide bonds. The molecule has 148 valence electrons. The number of carbonyl (C=O) groups excluding carboxylic acids is 2. The van der Waals surface area contributed by atoms with Crippen LogP contribution in [0.25, 0.3) is 10.9 Å². The van der Waals surface area contributed by atoms with Gasteiger partial charge in [0.2, 0.25) is 5.91 Å². The number of nitrogens with one attached hydrogen (secondary N) is 1. The molecular formula is C23H21ClN2O3. The minimum Gasteiger partial charge on any atom is -0.464 e. The van der Waals surface area contributed by atoms with Gasteiger partial charge in [0.05, 0.1) is 12.3 Å². The molecule has 2 atom stereocenters. The van der Waals surface area contributed by atoms with E-state index in [1.165, 1.54) is 0 Å². The molecule has 2 aromatic carbocycles. The van der Waals surface area contributed by atoms with Crippen LogP contribution in [0.5, 0.6) is 0 Å². The van der Waals surface area contributed by atoms with E-state index in [2.05, 4.69) is 11.1 Å². The van der Waals surface area contributed by atoms with Gasteiger partial charge in [-0.1, -0.05) is 41.9 Å². The van der Waals surface area contributed by atoms with Crippen LogP contribution in [-0.2, 0) is 26.3 Å². The van der Waals surface area contributed by atoms with E-state index in [-0.39, 0.29) is 18.5 Å². The Hall–Kier alpha value is -2.79. The van der Waals surface area contributed by atoms with E-state index in [4.69, 9.17) is 16.3 Å². The number of amides is 1. The fraction of sp³-hybridized carbons (Fsp3) is 0.304. The van der Waals surface area contributed by atoms with Crippen molar-refractivity contribution in [3.05, 3.63) is 70.4 Å². The van der Waals surface area contributed by atoms with Crippen molar-refractivity contribution in [2.24, 2.45) is 0 Å². The van der Waals surface area contributed by atoms with Crippen molar-refractivity contribution in [3.63, 3.8) is 0 Å². The Bertz CT molecular complexity index is 1120. The maximum Gasteiger partial charge on any atom is 0.329 e. The molecule has 6 heteroatoms. The molecule has 29 heavy (non-hydrogen) atoms. The fourth-order valence-corrected chi connectivity index (χ4v) is 5.18. The number of hydrogen-bond acceptors (Lipinski definition) is 3. The Morgan fingerprint density at radius 3 is 2.76 bits per heavy atom. The van der Waals surface area contributed by atoms with Gasteiger partial charge in [-0.15, -0.1) is 0 Å². The molecule has 0 bridgehead atoms. The maximum atomic E-state index is 13.1. The smallest absolute Gasteiger partial charge is 0.329 e. The fourth-order valence-electron chi connectivity index (χ4n) is 5.06. The van der Waals surface area contributed by atoms with Gasteiger partial charge < -0.3 is 14.6 Å². The molecule has 0 saturated carbocycles. The Morgan fingerprint density at radius 1 is 1.24 bits per heavy atom. The number of benzene rings is 2. The van der Waals surface area contributed by atoms with E-state index < -0.39 is 11.6 Å². The minimum atomic E-state index is -0.730. The van der Waals surface area contributed by atoms with E-state index in [0.717, 1.165) is 27.7 Å². The summed E-state index contributed by atoms with van der Waals surface area (Å²) in [6.07, 6.45) is 1.43. The van der Waals surface area contributed by atoms with Gasteiger partial charge in [0.25, 0.3) is 0 Å². The quantitative estimate of drug-likeness (QED) is 0.661. The predicted molar refractivity (Wildman–Crippen MR) is 111 cm³/mol. The third-order valence-electron chi connectivity index (χ3n) is 6.20. The number of H-pyrrole nitrogens is 1. The Kier molecular flexibility index (Phi) is 4.17. The van der Waals surface area contributed by atoms with Crippen LogP contribution in [-0.4, -0.2) is 34.4 Å². The molecule has 0 aliphatic carbocycles. The first-order valence-electron chi connectivity index (χ1n) is 9.91. The van der Waals surface area contributed by atoms with Crippen LogP contribution in [0.4, 0.5) is 0 Å². The molecule has 0 spiro atoms. The highest BCUT2D eigenvalue weighted by Crippen LogP contribution is 2.52. The van der Waals surface area contributed by atoms with Gasteiger partial charge in [0, 0.05) is 28.8 Å². The number of fused-ring (bicyclic) bond motifs is 5. The normalized spacial score (nSPS) is 23.2. The van der Waals surface area contributed by atoms with Crippen LogP contribution in [0.3, 0.4) is 0 Å². The molecule has 2 aliphatic rings. The Morgan fingerprint density at radius 2 is 2.00 bits per heavy atom. The van der Waals surface area contributed by atoms with Crippen molar-refractivity contribution >= 4 is 34.4 Å². The summed E-state index contributed by atoms with van der Waals surface area (Å²) in [6.45, 7) is 2.07. The second-order valence-electron chi connectivity index (χ2n) is 7.63. The lowest BCUT2D eigenvalue weighted by Gasteiger charge is -2.46. The van der Waals surface area contributed by atoms with Crippen LogP contribution in [0.1, 0.15) is 36.6 Å². The molecular weight excluding hydrogens is 388 g/mol. The summed E-state index contributed by atoms with van der Waals surface area (Å²) in [5, 5.41) is 1.72. The molecule has 1 fully saturated rings. The summed E-state index contributed by atoms with van der Waals surface area (Å²) >= 11 is 6.14. The van der Waals surface area contributed by atoms with Crippen LogP contribution < -0.4 is 0 Å². The van der Waals surface area contributed by atoms with Crippen LogP contribution >= 0.6 is 11.6 Å². The lowest BCUT2D eigenvalue weighted by Crippen LogP contribution is -2.57. The number of rotatable bonds is 3. The van der Waals surface area contributed by atoms with E-state index in [9.17, 15) is 9.59 Å². The molecule has 1 saturated heterocycles. The topological polar surface area (TPSA) is 62.4 Å². The summed E-state index contributed by atoms with van der Waals surface area (Å²) in [7, 11) is 0. The van der Waals surface area contributed by atoms with E-state index in [0.29, 0.717) is 24.3 Å². The molecule has 1 N–H and O–H groups in total. The van der Waals surface area contributed by atoms with Crippen molar-refractivity contribution in [1.82, 2.24) is 9.88 Å². The Balaban J connectivity index is 1.81. The lowest BCUT2D eigenvalue weighted by atomic mass is 9.77. The standard InChI is InChI=1S/C23H21ClN2O3/c1-2-29-22(28)19-13-17-16-5-3-4-6-18(16)25-21(17)23(12-11-20(27)26(19)23)14-7-9-15(24)10-8-14/h3-10,19,25H,2,11-13H2,1H3/t19-,23+/m0/s1. The molecule has 0 unspecified atom stereocenters. The zero-order valence-corrected chi connectivity index (χ0v) is 16.8. The zero-order valence-electron chi connectivity index (χ0n) is 16.1. The van der Waals surface area contributed by atoms with Crippen molar-refractivity contribution in [2.75, 3.05) is 6.61 Å². The van der Waals surface area contributed by atoms with Gasteiger partial charge in [-0.05, 0) is 42.7 Å². The first-order valence-corrected chi connectivity index (χ1v) is 10.3. The predicted octanol–water partition coefficient (Wildman–Crippen LogP) is 4.18. The highest BCUT2D eigenvalue weighted by atomic mass is 35.5. The van der Waals surface area contributed by atoms with Crippen LogP contribution in [0.15, 0.2) is 48.5 Å². The first-order chi connectivity index (χ1) is 14.1. The largest absolute Gasteiger partial charge is 0.464 e. The number of hydrogen-bond donors (Lipinski definition) is 1. The first kappa shape index (κ1) is 18.3. The number of halogens is 1. The molecule has 0 radical (unpaired) electrons. The van der Waals surface area contributed by atoms with Crippen molar-refractivity contribution in [2.45, 2.75) is 37.8 Å². The van der Waals surface area contributed by atoms with Crippen LogP contribution in [0.2, 0.25) is 5.02 Å². The second kappa shape index (κ2) is 6.63. The van der Waals surface area contributed by atoms with Gasteiger partial charge in [-0.3, -0.25) is 4.79 Å². The van der Waals surface area contributed by atoms with Gasteiger partial charge in [-0.2, -0.15) is 0 Å². The molecule has 3 heterocycles. The lowest BCUT2D eigenvalue weighted by molar-refractivity contribution is -0.157. The molecule has 5 nitrogen and oxygen atoms in total. The minimum absolute atomic E-state index is 0.0256. The van der Waals surface area contributed by atoms with Gasteiger partial charge in [0.1, 0.15) is 11.6 Å². The summed E-state index contributed by atoms with van der Waals surface area (Å²) < 4.78 is 5.38. The van der Waals surface area contributed by atoms with Gasteiger partial charge >= 0.3 is 5.97 Å². The van der Waals surface area contributed by atoms with Crippen molar-refractivity contribution < 1.29 is 14.3 Å². The molecule has 2 aliphatic heterocycles. The number of esters is 1. The molecule has 3 aromatic rings.